The van der Waals surface area contributed by atoms with E-state index in [0.29, 0.717) is 23.3 Å². The zero-order valence-corrected chi connectivity index (χ0v) is 39.7. The van der Waals surface area contributed by atoms with Gasteiger partial charge >= 0.3 is 0 Å². The van der Waals surface area contributed by atoms with Crippen LogP contribution < -0.4 is 0 Å². The predicted molar refractivity (Wildman–Crippen MR) is 299 cm³/mol. The molecule has 7 heteroatoms. The minimum absolute atomic E-state index is 0.532. The highest BCUT2D eigenvalue weighted by atomic mass is 16.3. The van der Waals surface area contributed by atoms with Gasteiger partial charge in [0, 0.05) is 54.9 Å². The highest BCUT2D eigenvalue weighted by molar-refractivity contribution is 6.07. The second-order valence-electron chi connectivity index (χ2n) is 18.4. The molecule has 10 aromatic carbocycles. The Balaban J connectivity index is 0.857. The maximum atomic E-state index is 6.33. The number of rotatable bonds is 9. The molecule has 0 atom stereocenters. The SMILES string of the molecule is c1ccc(-c2ccc(-c3cc(-c4cccc(-c5cccc(-c6nc(-c7ccc8c(c7)oc7ccccc78)nc(-c7ccc8c(c7)oc7ccccc78)n6)c5)c4)nc(-c4ccc(-c5ccccc5)cc4)n3)cc2)cc1. The first-order valence-electron chi connectivity index (χ1n) is 24.6. The molecule has 0 N–H and O–H groups in total. The molecule has 0 unspecified atom stereocenters. The monoisotopic (exact) mass is 947 g/mol. The Morgan fingerprint density at radius 2 is 0.527 bits per heavy atom. The zero-order chi connectivity index (χ0) is 49.0. The minimum Gasteiger partial charge on any atom is -0.456 e. The number of aromatic nitrogens is 5. The summed E-state index contributed by atoms with van der Waals surface area (Å²) >= 11 is 0. The average Bonchev–Trinajstić information content (AvgIpc) is 4.05. The molecule has 0 spiro atoms. The summed E-state index contributed by atoms with van der Waals surface area (Å²) in [6, 6.07) is 85.4. The van der Waals surface area contributed by atoms with Gasteiger partial charge in [0.1, 0.15) is 22.3 Å². The first-order chi connectivity index (χ1) is 36.6. The van der Waals surface area contributed by atoms with Crippen LogP contribution in [0.5, 0.6) is 0 Å². The smallest absolute Gasteiger partial charge is 0.164 e. The fourth-order valence-corrected chi connectivity index (χ4v) is 9.97. The van der Waals surface area contributed by atoms with Crippen molar-refractivity contribution in [3.8, 4) is 101 Å². The van der Waals surface area contributed by atoms with Crippen LogP contribution in [-0.2, 0) is 0 Å². The van der Waals surface area contributed by atoms with E-state index in [-0.39, 0.29) is 0 Å². The number of fused-ring (bicyclic) bond motifs is 6. The van der Waals surface area contributed by atoms with Crippen LogP contribution in [0, 0.1) is 0 Å². The number of furan rings is 2. The number of benzene rings is 10. The van der Waals surface area contributed by atoms with E-state index in [1.165, 1.54) is 5.56 Å². The van der Waals surface area contributed by atoms with Crippen molar-refractivity contribution in [1.29, 1.82) is 0 Å². The summed E-state index contributed by atoms with van der Waals surface area (Å²) in [7, 11) is 0. The number of hydrogen-bond acceptors (Lipinski definition) is 7. The van der Waals surface area contributed by atoms with Gasteiger partial charge in [-0.25, -0.2) is 24.9 Å². The summed E-state index contributed by atoms with van der Waals surface area (Å²) in [5, 5.41) is 4.20. The zero-order valence-electron chi connectivity index (χ0n) is 39.7. The van der Waals surface area contributed by atoms with Crippen LogP contribution in [-0.4, -0.2) is 24.9 Å². The first kappa shape index (κ1) is 42.7. The van der Waals surface area contributed by atoms with E-state index < -0.39 is 0 Å². The summed E-state index contributed by atoms with van der Waals surface area (Å²) in [4.78, 5) is 25.9. The minimum atomic E-state index is 0.532. The van der Waals surface area contributed by atoms with Gasteiger partial charge in [0.2, 0.25) is 0 Å². The third-order valence-electron chi connectivity index (χ3n) is 13.8. The number of hydrogen-bond donors (Lipinski definition) is 0. The molecule has 4 heterocycles. The van der Waals surface area contributed by atoms with Crippen molar-refractivity contribution in [2.45, 2.75) is 0 Å². The molecule has 7 nitrogen and oxygen atoms in total. The Bertz CT molecular complexity index is 4180. The van der Waals surface area contributed by atoms with Crippen molar-refractivity contribution >= 4 is 43.9 Å². The van der Waals surface area contributed by atoms with Crippen LogP contribution in [0.4, 0.5) is 0 Å². The van der Waals surface area contributed by atoms with Crippen molar-refractivity contribution in [2.75, 3.05) is 0 Å². The Labute approximate surface area is 425 Å². The summed E-state index contributed by atoms with van der Waals surface area (Å²) < 4.78 is 12.7. The Hall–Kier alpha value is -10.1. The van der Waals surface area contributed by atoms with E-state index in [1.54, 1.807) is 0 Å². The second-order valence-corrected chi connectivity index (χ2v) is 18.4. The van der Waals surface area contributed by atoms with Crippen molar-refractivity contribution in [3.63, 3.8) is 0 Å². The third kappa shape index (κ3) is 7.95. The molecule has 0 saturated carbocycles. The fourth-order valence-electron chi connectivity index (χ4n) is 9.97. The van der Waals surface area contributed by atoms with Crippen molar-refractivity contribution in [2.24, 2.45) is 0 Å². The van der Waals surface area contributed by atoms with E-state index in [1.807, 2.05) is 60.7 Å². The van der Waals surface area contributed by atoms with Gasteiger partial charge in [0.15, 0.2) is 23.3 Å². The maximum absolute atomic E-state index is 6.33. The average molecular weight is 948 g/mol. The molecule has 0 aliphatic rings. The van der Waals surface area contributed by atoms with Gasteiger partial charge < -0.3 is 8.83 Å². The molecule has 0 fully saturated rings. The van der Waals surface area contributed by atoms with Gasteiger partial charge in [-0.05, 0) is 88.0 Å². The normalized spacial score (nSPS) is 11.5. The standard InChI is InChI=1S/C67H41N5O2/c1-3-13-42(14-4-1)44-25-29-46(30-26-44)58-41-59(69-64(68-58)47-31-27-45(28-32-47)43-15-5-2-6-16-43)50-19-11-17-48(37-50)49-18-12-20-51(38-49)65-70-66(52-33-35-56-54-21-7-9-23-60(54)73-62(56)39-52)72-67(71-65)53-34-36-57-55-22-8-10-24-61(55)74-63(57)40-53/h1-41H. The summed E-state index contributed by atoms with van der Waals surface area (Å²) in [5.41, 5.74) is 16.9. The lowest BCUT2D eigenvalue weighted by molar-refractivity contribution is 0.668. The van der Waals surface area contributed by atoms with Crippen LogP contribution >= 0.6 is 0 Å². The highest BCUT2D eigenvalue weighted by Crippen LogP contribution is 2.37. The lowest BCUT2D eigenvalue weighted by atomic mass is 9.98. The molecular formula is C67H41N5O2. The Morgan fingerprint density at radius 1 is 0.189 bits per heavy atom. The lowest BCUT2D eigenvalue weighted by Gasteiger charge is -2.12. The molecule has 4 aromatic heterocycles. The van der Waals surface area contributed by atoms with Gasteiger partial charge in [-0.2, -0.15) is 0 Å². The van der Waals surface area contributed by atoms with E-state index in [2.05, 4.69) is 188 Å². The van der Waals surface area contributed by atoms with Crippen molar-refractivity contribution in [3.05, 3.63) is 249 Å². The van der Waals surface area contributed by atoms with Crippen molar-refractivity contribution in [1.82, 2.24) is 24.9 Å². The van der Waals surface area contributed by atoms with Gasteiger partial charge in [-0.1, -0.05) is 194 Å². The maximum Gasteiger partial charge on any atom is 0.164 e. The predicted octanol–water partition coefficient (Wildman–Crippen LogP) is 17.5. The van der Waals surface area contributed by atoms with Gasteiger partial charge in [-0.3, -0.25) is 0 Å². The number of nitrogens with zero attached hydrogens (tertiary/aromatic N) is 5. The van der Waals surface area contributed by atoms with E-state index in [4.69, 9.17) is 33.8 Å². The Kier molecular flexibility index (Phi) is 10.4. The number of para-hydroxylation sites is 2. The molecular weight excluding hydrogens is 907 g/mol. The topological polar surface area (TPSA) is 90.7 Å². The largest absolute Gasteiger partial charge is 0.456 e. The molecule has 14 rings (SSSR count). The van der Waals surface area contributed by atoms with Gasteiger partial charge in [-0.15, -0.1) is 0 Å². The van der Waals surface area contributed by atoms with Crippen LogP contribution in [0.3, 0.4) is 0 Å². The van der Waals surface area contributed by atoms with Crippen LogP contribution in [0.1, 0.15) is 0 Å². The molecule has 0 saturated heterocycles. The van der Waals surface area contributed by atoms with Gasteiger partial charge in [0.05, 0.1) is 11.4 Å². The lowest BCUT2D eigenvalue weighted by Crippen LogP contribution is -2.00. The quantitative estimate of drug-likeness (QED) is 0.142. The third-order valence-corrected chi connectivity index (χ3v) is 13.8. The second kappa shape index (κ2) is 17.9. The fraction of sp³-hybridized carbons (Fsp3) is 0. The molecule has 14 aromatic rings. The molecule has 0 aliphatic heterocycles. The molecule has 0 aliphatic carbocycles. The van der Waals surface area contributed by atoms with Crippen LogP contribution in [0.25, 0.3) is 145 Å². The van der Waals surface area contributed by atoms with Crippen LogP contribution in [0.2, 0.25) is 0 Å². The first-order valence-corrected chi connectivity index (χ1v) is 24.6. The molecule has 0 bridgehead atoms. The summed E-state index contributed by atoms with van der Waals surface area (Å²) in [5.74, 6) is 2.25. The molecule has 0 amide bonds. The van der Waals surface area contributed by atoms with E-state index >= 15 is 0 Å². The van der Waals surface area contributed by atoms with Crippen molar-refractivity contribution < 1.29 is 8.83 Å². The highest BCUT2D eigenvalue weighted by Gasteiger charge is 2.18. The molecule has 346 valence electrons. The van der Waals surface area contributed by atoms with E-state index in [9.17, 15) is 0 Å². The molecule has 0 radical (unpaired) electrons. The van der Waals surface area contributed by atoms with Gasteiger partial charge in [0.25, 0.3) is 0 Å². The summed E-state index contributed by atoms with van der Waals surface area (Å²) in [6.07, 6.45) is 0. The molecule has 74 heavy (non-hydrogen) atoms. The summed E-state index contributed by atoms with van der Waals surface area (Å²) in [6.45, 7) is 0. The van der Waals surface area contributed by atoms with Crippen LogP contribution in [0.15, 0.2) is 258 Å². The Morgan fingerprint density at radius 3 is 1.05 bits per heavy atom. The van der Waals surface area contributed by atoms with E-state index in [0.717, 1.165) is 116 Å².